The third-order valence-electron chi connectivity index (χ3n) is 6.48. The van der Waals surface area contributed by atoms with Crippen LogP contribution in [0.4, 0.5) is 52.7 Å². The molecule has 47 heavy (non-hydrogen) atoms. The van der Waals surface area contributed by atoms with Gasteiger partial charge >= 0.3 is 0 Å². The van der Waals surface area contributed by atoms with E-state index < -0.39 is 136 Å². The van der Waals surface area contributed by atoms with Crippen molar-refractivity contribution in [3.63, 3.8) is 0 Å². The molecule has 3 aromatic carbocycles. The van der Waals surface area contributed by atoms with Crippen molar-refractivity contribution >= 4 is 27.8 Å². The van der Waals surface area contributed by atoms with Crippen molar-refractivity contribution in [2.24, 2.45) is 0 Å². The van der Waals surface area contributed by atoms with E-state index in [9.17, 15) is 63.2 Å². The van der Waals surface area contributed by atoms with Crippen molar-refractivity contribution in [2.45, 2.75) is 0 Å². The minimum Gasteiger partial charge on any atom is -0.203 e. The highest BCUT2D eigenvalue weighted by Gasteiger charge is 2.46. The standard InChI is InChI=1S/C29ClF12N5/c30-17(16-28(41)22(35)10(5-47)23(36)29(16)42)15-11(6(1-43)13-24(37)18(31)8(3-45)19(32)25(13)38)12(15)7(2-44)14-26(39)20(33)9(4-46)21(34)27(14)40/b11-6-,12-7+,17-15?. The smallest absolute Gasteiger partial charge is 0.180 e. The zero-order valence-electron chi connectivity index (χ0n) is 21.6. The van der Waals surface area contributed by atoms with Gasteiger partial charge in [0.25, 0.3) is 0 Å². The fourth-order valence-corrected chi connectivity index (χ4v) is 4.68. The van der Waals surface area contributed by atoms with Gasteiger partial charge in [-0.15, -0.1) is 0 Å². The van der Waals surface area contributed by atoms with Gasteiger partial charge in [-0.1, -0.05) is 11.6 Å². The van der Waals surface area contributed by atoms with Crippen LogP contribution >= 0.6 is 11.6 Å². The van der Waals surface area contributed by atoms with Crippen LogP contribution in [0.5, 0.6) is 0 Å². The van der Waals surface area contributed by atoms with E-state index in [2.05, 4.69) is 0 Å². The van der Waals surface area contributed by atoms with Crippen molar-refractivity contribution in [2.75, 3.05) is 0 Å². The van der Waals surface area contributed by atoms with Gasteiger partial charge in [0.05, 0.1) is 32.9 Å². The lowest BCUT2D eigenvalue weighted by atomic mass is 9.99. The van der Waals surface area contributed by atoms with Crippen molar-refractivity contribution in [3.8, 4) is 30.3 Å². The summed E-state index contributed by atoms with van der Waals surface area (Å²) in [7, 11) is 0. The van der Waals surface area contributed by atoms with Gasteiger partial charge < -0.3 is 0 Å². The molecule has 0 amide bonds. The molecule has 0 atom stereocenters. The van der Waals surface area contributed by atoms with E-state index >= 15 is 0 Å². The van der Waals surface area contributed by atoms with Gasteiger partial charge in [0.15, 0.2) is 69.8 Å². The van der Waals surface area contributed by atoms with Gasteiger partial charge in [0.2, 0.25) is 0 Å². The first-order chi connectivity index (χ1) is 22.1. The number of allylic oxidation sites excluding steroid dienone is 5. The SMILES string of the molecule is N#C/C(=C1\C(=C(Cl)c2c(F)c(F)c(C#N)c(F)c2F)\C1=C(\C#N)c1c(F)c(F)c(C#N)c(F)c1F)c1c(F)c(F)c(C#N)c(F)c1F. The van der Waals surface area contributed by atoms with Crippen molar-refractivity contribution in [1.29, 1.82) is 26.3 Å². The minimum atomic E-state index is -2.50. The zero-order valence-corrected chi connectivity index (χ0v) is 22.4. The molecule has 1 aliphatic rings. The molecular weight excluding hydrogens is 682 g/mol. The monoisotopic (exact) mass is 681 g/mol. The van der Waals surface area contributed by atoms with Crippen LogP contribution in [-0.2, 0) is 0 Å². The summed E-state index contributed by atoms with van der Waals surface area (Å²) in [4.78, 5) is 0. The first-order valence-corrected chi connectivity index (χ1v) is 12.0. The van der Waals surface area contributed by atoms with Gasteiger partial charge in [0.1, 0.15) is 47.0 Å². The van der Waals surface area contributed by atoms with Crippen LogP contribution in [0, 0.1) is 126 Å². The molecule has 3 aromatic rings. The van der Waals surface area contributed by atoms with E-state index in [0.29, 0.717) is 0 Å². The van der Waals surface area contributed by atoms with Crippen LogP contribution in [0.3, 0.4) is 0 Å². The Morgan fingerprint density at radius 2 is 0.596 bits per heavy atom. The van der Waals surface area contributed by atoms with Gasteiger partial charge in [-0.2, -0.15) is 26.3 Å². The fraction of sp³-hybridized carbons (Fsp3) is 0. The lowest BCUT2D eigenvalue weighted by molar-refractivity contribution is 0.446. The minimum absolute atomic E-state index is 0.779. The van der Waals surface area contributed by atoms with Gasteiger partial charge in [-0.05, 0) is 0 Å². The second kappa shape index (κ2) is 11.9. The predicted octanol–water partition coefficient (Wildman–Crippen LogP) is 7.89. The number of rotatable bonds is 3. The molecule has 1 saturated carbocycles. The Bertz CT molecular complexity index is 2140. The summed E-state index contributed by atoms with van der Waals surface area (Å²) in [5, 5.41) is 44.3. The van der Waals surface area contributed by atoms with Crippen LogP contribution < -0.4 is 0 Å². The summed E-state index contributed by atoms with van der Waals surface area (Å²) >= 11 is 5.94. The maximum Gasteiger partial charge on any atom is 0.180 e. The molecule has 0 heterocycles. The van der Waals surface area contributed by atoms with Gasteiger partial charge in [-0.25, -0.2) is 52.7 Å². The molecule has 1 aliphatic carbocycles. The average Bonchev–Trinajstić information content (AvgIpc) is 3.77. The van der Waals surface area contributed by atoms with E-state index in [-0.39, 0.29) is 0 Å². The highest BCUT2D eigenvalue weighted by Crippen LogP contribution is 2.58. The number of hydrogen-bond donors (Lipinski definition) is 0. The van der Waals surface area contributed by atoms with Crippen LogP contribution in [-0.4, -0.2) is 0 Å². The van der Waals surface area contributed by atoms with Gasteiger partial charge in [-0.3, -0.25) is 0 Å². The zero-order chi connectivity index (χ0) is 35.4. The maximum atomic E-state index is 15.0. The second-order valence-corrected chi connectivity index (χ2v) is 9.14. The van der Waals surface area contributed by atoms with Crippen LogP contribution in [0.25, 0.3) is 16.2 Å². The molecule has 0 unspecified atom stereocenters. The van der Waals surface area contributed by atoms with Crippen molar-refractivity contribution < 1.29 is 52.7 Å². The topological polar surface area (TPSA) is 119 Å². The Labute approximate surface area is 257 Å². The Balaban J connectivity index is 2.33. The van der Waals surface area contributed by atoms with Crippen molar-refractivity contribution in [3.05, 3.63) is 120 Å². The first kappa shape index (κ1) is 33.7. The molecule has 0 aliphatic heterocycles. The first-order valence-electron chi connectivity index (χ1n) is 11.6. The molecular formula is C29ClF12N5. The summed E-state index contributed by atoms with van der Waals surface area (Å²) in [5.41, 5.74) is -19.1. The Hall–Kier alpha value is -6.22. The largest absolute Gasteiger partial charge is 0.203 e. The van der Waals surface area contributed by atoms with E-state index in [4.69, 9.17) is 27.4 Å². The maximum absolute atomic E-state index is 15.0. The van der Waals surface area contributed by atoms with Crippen LogP contribution in [0.1, 0.15) is 33.4 Å². The Kier molecular flexibility index (Phi) is 8.55. The molecule has 0 N–H and O–H groups in total. The fourth-order valence-electron chi connectivity index (χ4n) is 4.33. The molecule has 0 aromatic heterocycles. The molecule has 18 heteroatoms. The average molecular weight is 682 g/mol. The molecule has 0 spiro atoms. The number of nitriles is 5. The summed E-state index contributed by atoms with van der Waals surface area (Å²) in [6, 6.07) is 4.31. The second-order valence-electron chi connectivity index (χ2n) is 8.77. The molecule has 0 radical (unpaired) electrons. The molecule has 5 nitrogen and oxygen atoms in total. The van der Waals surface area contributed by atoms with Crippen molar-refractivity contribution in [1.82, 2.24) is 0 Å². The molecule has 0 saturated heterocycles. The van der Waals surface area contributed by atoms with E-state index in [0.717, 1.165) is 30.3 Å². The van der Waals surface area contributed by atoms with Crippen LogP contribution in [0.15, 0.2) is 16.7 Å². The lowest BCUT2D eigenvalue weighted by Crippen LogP contribution is -2.06. The number of halogens is 13. The number of nitrogens with zero attached hydrogens (tertiary/aromatic N) is 5. The predicted molar refractivity (Wildman–Crippen MR) is 131 cm³/mol. The molecule has 4 rings (SSSR count). The summed E-state index contributed by atoms with van der Waals surface area (Å²) in [6.45, 7) is 0. The number of benzene rings is 3. The normalized spacial score (nSPS) is 15.1. The Morgan fingerprint density at radius 3 is 0.809 bits per heavy atom. The summed E-state index contributed by atoms with van der Waals surface area (Å²) in [6.07, 6.45) is 0. The quantitative estimate of drug-likeness (QED) is 0.158. The third-order valence-corrected chi connectivity index (χ3v) is 6.85. The van der Waals surface area contributed by atoms with E-state index in [1.165, 1.54) is 0 Å². The van der Waals surface area contributed by atoms with Crippen LogP contribution in [0.2, 0.25) is 0 Å². The Morgan fingerprint density at radius 1 is 0.362 bits per heavy atom. The highest BCUT2D eigenvalue weighted by atomic mass is 35.5. The van der Waals surface area contributed by atoms with E-state index in [1.807, 2.05) is 0 Å². The summed E-state index contributed by atoms with van der Waals surface area (Å²) < 4.78 is 176. The molecule has 232 valence electrons. The lowest BCUT2D eigenvalue weighted by Gasteiger charge is -2.08. The highest BCUT2D eigenvalue weighted by molar-refractivity contribution is 6.51. The van der Waals surface area contributed by atoms with E-state index in [1.54, 1.807) is 0 Å². The summed E-state index contributed by atoms with van der Waals surface area (Å²) in [5.74, 6) is -29.3. The molecule has 0 bridgehead atoms. The number of hydrogen-bond acceptors (Lipinski definition) is 5. The molecule has 1 fully saturated rings. The third kappa shape index (κ3) is 4.71. The van der Waals surface area contributed by atoms with Gasteiger partial charge in [0, 0.05) is 16.7 Å².